The molecule has 3 aromatic rings. The number of rotatable bonds is 3. The second-order valence-corrected chi connectivity index (χ2v) is 6.68. The Morgan fingerprint density at radius 2 is 1.81 bits per heavy atom. The van der Waals surface area contributed by atoms with Gasteiger partial charge in [-0.2, -0.15) is 0 Å². The fourth-order valence-corrected chi connectivity index (χ4v) is 3.28. The predicted octanol–water partition coefficient (Wildman–Crippen LogP) is 3.71. The second-order valence-electron chi connectivity index (χ2n) is 6.68. The van der Waals surface area contributed by atoms with Crippen LogP contribution in [-0.4, -0.2) is 45.7 Å². The molecule has 1 aliphatic rings. The lowest BCUT2D eigenvalue weighted by atomic mass is 10.1. The number of carbonyl (C=O) groups excluding carboxylic acids is 2. The van der Waals surface area contributed by atoms with Crippen molar-refractivity contribution in [2.24, 2.45) is 0 Å². The maximum Gasteiger partial charge on any atom is 0.255 e. The summed E-state index contributed by atoms with van der Waals surface area (Å²) in [5, 5.41) is 0.780. The van der Waals surface area contributed by atoms with Crippen molar-refractivity contribution >= 4 is 23.2 Å². The van der Waals surface area contributed by atoms with Gasteiger partial charge in [-0.25, -0.2) is 13.8 Å². The monoisotopic (exact) mass is 369 g/mol. The minimum atomic E-state index is -2.68. The molecule has 0 aliphatic carbocycles. The Hall–Kier alpha value is -3.09. The number of fused-ring (bicyclic) bond motifs is 1. The molecule has 0 spiro atoms. The lowest BCUT2D eigenvalue weighted by molar-refractivity contribution is -0.0494. The van der Waals surface area contributed by atoms with Gasteiger partial charge in [0, 0.05) is 55.0 Å². The van der Waals surface area contributed by atoms with Crippen molar-refractivity contribution in [2.45, 2.75) is 18.8 Å². The molecule has 2 aromatic heterocycles. The van der Waals surface area contributed by atoms with Crippen molar-refractivity contribution < 1.29 is 18.4 Å². The third kappa shape index (κ3) is 3.32. The highest BCUT2D eigenvalue weighted by Gasteiger charge is 2.35. The third-order valence-electron chi connectivity index (χ3n) is 4.86. The van der Waals surface area contributed by atoms with Gasteiger partial charge >= 0.3 is 0 Å². The van der Waals surface area contributed by atoms with Crippen molar-refractivity contribution in [3.63, 3.8) is 0 Å². The largest absolute Gasteiger partial charge is 0.338 e. The van der Waals surface area contributed by atoms with Crippen LogP contribution in [0.5, 0.6) is 0 Å². The highest BCUT2D eigenvalue weighted by Crippen LogP contribution is 2.28. The molecule has 5 nitrogen and oxygen atoms in total. The van der Waals surface area contributed by atoms with Crippen LogP contribution in [0.2, 0.25) is 0 Å². The molecule has 1 amide bonds. The summed E-state index contributed by atoms with van der Waals surface area (Å²) in [5.41, 5.74) is 2.50. The summed E-state index contributed by atoms with van der Waals surface area (Å²) in [6.45, 7) is 0.0991. The summed E-state index contributed by atoms with van der Waals surface area (Å²) >= 11 is 0. The van der Waals surface area contributed by atoms with Gasteiger partial charge in [0.25, 0.3) is 11.8 Å². The number of hydrogen-bond acceptors (Lipinski definition) is 3. The average molecular weight is 369 g/mol. The molecule has 1 aliphatic heterocycles. The number of halogens is 2. The number of aldehydes is 1. The molecule has 0 bridgehead atoms. The number of aromatic nitrogens is 2. The van der Waals surface area contributed by atoms with E-state index in [2.05, 4.69) is 4.98 Å². The summed E-state index contributed by atoms with van der Waals surface area (Å²) in [6, 6.07) is 10.6. The van der Waals surface area contributed by atoms with Crippen molar-refractivity contribution in [1.82, 2.24) is 14.5 Å². The lowest BCUT2D eigenvalue weighted by Gasteiger charge is -2.31. The topological polar surface area (TPSA) is 55.2 Å². The molecule has 0 saturated carbocycles. The van der Waals surface area contributed by atoms with Gasteiger partial charge in [-0.15, -0.1) is 0 Å². The van der Waals surface area contributed by atoms with E-state index in [4.69, 9.17) is 0 Å². The maximum absolute atomic E-state index is 13.3. The SMILES string of the molecule is O=Cc1ccc(-n2ccc3cc(C(=O)N4CCC(F)(F)CC4)cnc32)cc1. The first kappa shape index (κ1) is 17.3. The standard InChI is InChI=1S/C20H17F2N3O2/c21-20(22)6-9-24(10-7-20)19(27)16-11-15-5-8-25(18(15)23-12-16)17-3-1-14(13-26)2-4-17/h1-5,8,11-13H,6-7,9-10H2. The van der Waals surface area contributed by atoms with Gasteiger partial charge in [-0.1, -0.05) is 0 Å². The summed E-state index contributed by atoms with van der Waals surface area (Å²) in [7, 11) is 0. The normalized spacial score (nSPS) is 16.4. The summed E-state index contributed by atoms with van der Waals surface area (Å²) in [4.78, 5) is 29.2. The van der Waals surface area contributed by atoms with Crippen LogP contribution in [0.3, 0.4) is 0 Å². The summed E-state index contributed by atoms with van der Waals surface area (Å²) < 4.78 is 28.4. The van der Waals surface area contributed by atoms with Gasteiger partial charge in [-0.3, -0.25) is 9.59 Å². The number of alkyl halides is 2. The number of pyridine rings is 1. The molecule has 3 heterocycles. The van der Waals surface area contributed by atoms with Crippen molar-refractivity contribution in [1.29, 1.82) is 0 Å². The Labute approximate surface area is 154 Å². The van der Waals surface area contributed by atoms with E-state index in [0.717, 1.165) is 17.4 Å². The minimum Gasteiger partial charge on any atom is -0.338 e. The Kier molecular flexibility index (Phi) is 4.22. The molecule has 1 fully saturated rings. The number of likely N-dealkylation sites (tertiary alicyclic amines) is 1. The Bertz CT molecular complexity index is 1000. The van der Waals surface area contributed by atoms with Gasteiger partial charge in [-0.05, 0) is 36.4 Å². The zero-order chi connectivity index (χ0) is 19.0. The molecule has 0 N–H and O–H groups in total. The molecule has 0 atom stereocenters. The number of amides is 1. The molecule has 1 aromatic carbocycles. The smallest absolute Gasteiger partial charge is 0.255 e. The first-order valence-corrected chi connectivity index (χ1v) is 8.67. The molecular formula is C20H17F2N3O2. The fraction of sp³-hybridized carbons (Fsp3) is 0.250. The van der Waals surface area contributed by atoms with Crippen LogP contribution in [0.1, 0.15) is 33.6 Å². The van der Waals surface area contributed by atoms with Crippen LogP contribution in [-0.2, 0) is 0 Å². The quantitative estimate of drug-likeness (QED) is 0.662. The zero-order valence-corrected chi connectivity index (χ0v) is 14.4. The van der Waals surface area contributed by atoms with E-state index in [1.807, 2.05) is 29.0 Å². The second kappa shape index (κ2) is 6.57. The van der Waals surface area contributed by atoms with Gasteiger partial charge in [0.1, 0.15) is 11.9 Å². The van der Waals surface area contributed by atoms with E-state index in [1.165, 1.54) is 11.1 Å². The number of benzene rings is 1. The fourth-order valence-electron chi connectivity index (χ4n) is 3.28. The maximum atomic E-state index is 13.3. The molecule has 27 heavy (non-hydrogen) atoms. The van der Waals surface area contributed by atoms with Crippen LogP contribution in [0.4, 0.5) is 8.78 Å². The Morgan fingerprint density at radius 1 is 1.11 bits per heavy atom. The van der Waals surface area contributed by atoms with Crippen LogP contribution >= 0.6 is 0 Å². The highest BCUT2D eigenvalue weighted by atomic mass is 19.3. The van der Waals surface area contributed by atoms with E-state index in [9.17, 15) is 18.4 Å². The zero-order valence-electron chi connectivity index (χ0n) is 14.4. The van der Waals surface area contributed by atoms with Crippen LogP contribution in [0.15, 0.2) is 48.8 Å². The van der Waals surface area contributed by atoms with Gasteiger partial charge < -0.3 is 9.47 Å². The number of carbonyl (C=O) groups is 2. The summed E-state index contributed by atoms with van der Waals surface area (Å²) in [6.07, 6.45) is 3.49. The highest BCUT2D eigenvalue weighted by molar-refractivity contribution is 5.97. The van der Waals surface area contributed by atoms with Crippen molar-refractivity contribution in [3.8, 4) is 5.69 Å². The first-order valence-electron chi connectivity index (χ1n) is 8.67. The van der Waals surface area contributed by atoms with Crippen LogP contribution < -0.4 is 0 Å². The van der Waals surface area contributed by atoms with E-state index in [0.29, 0.717) is 16.8 Å². The predicted molar refractivity (Wildman–Crippen MR) is 96.5 cm³/mol. The van der Waals surface area contributed by atoms with E-state index in [1.54, 1.807) is 18.2 Å². The average Bonchev–Trinajstić information content (AvgIpc) is 3.10. The summed E-state index contributed by atoms with van der Waals surface area (Å²) in [5.74, 6) is -2.96. The van der Waals surface area contributed by atoms with Crippen molar-refractivity contribution in [3.05, 3.63) is 59.9 Å². The molecular weight excluding hydrogens is 352 g/mol. The molecule has 0 radical (unpaired) electrons. The van der Waals surface area contributed by atoms with Crippen LogP contribution in [0.25, 0.3) is 16.7 Å². The molecule has 1 saturated heterocycles. The van der Waals surface area contributed by atoms with Gasteiger partial charge in [0.15, 0.2) is 0 Å². The number of hydrogen-bond donors (Lipinski definition) is 0. The molecule has 7 heteroatoms. The van der Waals surface area contributed by atoms with E-state index in [-0.39, 0.29) is 31.8 Å². The Morgan fingerprint density at radius 3 is 2.48 bits per heavy atom. The van der Waals surface area contributed by atoms with Crippen molar-refractivity contribution in [2.75, 3.05) is 13.1 Å². The number of nitrogens with zero attached hydrogens (tertiary/aromatic N) is 3. The molecule has 0 unspecified atom stereocenters. The third-order valence-corrected chi connectivity index (χ3v) is 4.86. The first-order chi connectivity index (χ1) is 13.0. The van der Waals surface area contributed by atoms with Gasteiger partial charge in [0.05, 0.1) is 5.56 Å². The van der Waals surface area contributed by atoms with E-state index >= 15 is 0 Å². The Balaban J connectivity index is 1.60. The number of piperidine rings is 1. The lowest BCUT2D eigenvalue weighted by Crippen LogP contribution is -2.42. The van der Waals surface area contributed by atoms with Crippen LogP contribution in [0, 0.1) is 0 Å². The minimum absolute atomic E-state index is 0.0496. The van der Waals surface area contributed by atoms with Gasteiger partial charge in [0.2, 0.25) is 0 Å². The van der Waals surface area contributed by atoms with E-state index < -0.39 is 5.92 Å². The molecule has 4 rings (SSSR count). The molecule has 138 valence electrons.